The highest BCUT2D eigenvalue weighted by Crippen LogP contribution is 2.36. The van der Waals surface area contributed by atoms with Crippen LogP contribution in [0.2, 0.25) is 0 Å². The molecule has 0 saturated carbocycles. The van der Waals surface area contributed by atoms with E-state index in [1.165, 1.54) is 19.1 Å². The molecule has 0 fully saturated rings. The van der Waals surface area contributed by atoms with Crippen LogP contribution in [-0.4, -0.2) is 21.5 Å². The summed E-state index contributed by atoms with van der Waals surface area (Å²) in [5.74, 6) is -0.0160. The molecule has 4 aromatic carbocycles. The number of rotatable bonds is 7. The van der Waals surface area contributed by atoms with E-state index in [2.05, 4.69) is 10.6 Å². The number of nitrogens with zero attached hydrogens (tertiary/aromatic N) is 3. The minimum absolute atomic E-state index is 0.0160. The Balaban J connectivity index is 1.74. The van der Waals surface area contributed by atoms with Crippen LogP contribution in [0.1, 0.15) is 22.8 Å². The molecule has 0 saturated heterocycles. The SMILES string of the molecule is CC(=O)c1cccc(N=Cc2cc(-c3ccccc3)n(-c3ccc([N+](=O)[O-])cc3)c2-c2ccccc2)c1. The molecule has 5 rings (SSSR count). The lowest BCUT2D eigenvalue weighted by Crippen LogP contribution is -2.01. The molecular weight excluding hydrogens is 462 g/mol. The average molecular weight is 486 g/mol. The number of Topliss-reactive ketones (excluding diaryl/α,β-unsaturated/α-hetero) is 1. The van der Waals surface area contributed by atoms with E-state index in [-0.39, 0.29) is 11.5 Å². The average Bonchev–Trinajstić information content (AvgIpc) is 3.32. The summed E-state index contributed by atoms with van der Waals surface area (Å²) >= 11 is 0. The summed E-state index contributed by atoms with van der Waals surface area (Å²) in [5.41, 5.74) is 6.77. The lowest BCUT2D eigenvalue weighted by molar-refractivity contribution is -0.384. The van der Waals surface area contributed by atoms with Gasteiger partial charge in [0.05, 0.1) is 22.0 Å². The first-order chi connectivity index (χ1) is 18.0. The van der Waals surface area contributed by atoms with Crippen LogP contribution in [-0.2, 0) is 0 Å². The van der Waals surface area contributed by atoms with E-state index in [4.69, 9.17) is 4.99 Å². The molecule has 0 radical (unpaired) electrons. The molecule has 0 aliphatic rings. The Labute approximate surface area is 214 Å². The Hall–Kier alpha value is -5.10. The largest absolute Gasteiger partial charge is 0.309 e. The molecular formula is C31H23N3O3. The van der Waals surface area contributed by atoms with Crippen LogP contribution in [0.25, 0.3) is 28.2 Å². The smallest absolute Gasteiger partial charge is 0.269 e. The summed E-state index contributed by atoms with van der Waals surface area (Å²) in [6.07, 6.45) is 1.80. The zero-order chi connectivity index (χ0) is 25.8. The fourth-order valence-corrected chi connectivity index (χ4v) is 4.28. The van der Waals surface area contributed by atoms with Crippen LogP contribution < -0.4 is 0 Å². The third kappa shape index (κ3) is 4.99. The number of benzene rings is 4. The number of hydrogen-bond acceptors (Lipinski definition) is 4. The Morgan fingerprint density at radius 1 is 0.811 bits per heavy atom. The first-order valence-electron chi connectivity index (χ1n) is 11.8. The number of nitro groups is 1. The Bertz CT molecular complexity index is 1600. The van der Waals surface area contributed by atoms with Crippen molar-refractivity contribution in [3.05, 3.63) is 137 Å². The third-order valence-electron chi connectivity index (χ3n) is 6.07. The standard InChI is InChI=1S/C31H23N3O3/c1-22(35)25-13-8-14-27(19-25)32-21-26-20-30(23-9-4-2-5-10-23)33(31(26)24-11-6-3-7-12-24)28-15-17-29(18-16-28)34(36)37/h2-21H,1H3. The quantitative estimate of drug-likeness (QED) is 0.103. The van der Waals surface area contributed by atoms with Gasteiger partial charge in [-0.25, -0.2) is 0 Å². The molecule has 0 bridgehead atoms. The molecule has 6 nitrogen and oxygen atoms in total. The Kier molecular flexibility index (Phi) is 6.55. The van der Waals surface area contributed by atoms with E-state index in [1.54, 1.807) is 30.5 Å². The van der Waals surface area contributed by atoms with Crippen LogP contribution in [0.15, 0.2) is 120 Å². The van der Waals surface area contributed by atoms with Crippen LogP contribution in [0, 0.1) is 10.1 Å². The number of ketones is 1. The van der Waals surface area contributed by atoms with Crippen molar-refractivity contribution in [3.63, 3.8) is 0 Å². The van der Waals surface area contributed by atoms with Crippen molar-refractivity contribution in [2.75, 3.05) is 0 Å². The van der Waals surface area contributed by atoms with Crippen LogP contribution in [0.5, 0.6) is 0 Å². The molecule has 0 amide bonds. The molecule has 5 aromatic rings. The van der Waals surface area contributed by atoms with E-state index in [0.29, 0.717) is 11.3 Å². The van der Waals surface area contributed by atoms with Crippen molar-refractivity contribution in [2.45, 2.75) is 6.92 Å². The molecule has 0 atom stereocenters. The monoisotopic (exact) mass is 485 g/mol. The molecule has 180 valence electrons. The summed E-state index contributed by atoms with van der Waals surface area (Å²) in [6, 6.07) is 35.8. The summed E-state index contributed by atoms with van der Waals surface area (Å²) < 4.78 is 2.10. The number of nitro benzene ring substituents is 1. The van der Waals surface area contributed by atoms with Gasteiger partial charge >= 0.3 is 0 Å². The number of aliphatic imine (C=N–C) groups is 1. The summed E-state index contributed by atoms with van der Waals surface area (Å²) in [7, 11) is 0. The van der Waals surface area contributed by atoms with Gasteiger partial charge in [0.2, 0.25) is 0 Å². The third-order valence-corrected chi connectivity index (χ3v) is 6.07. The Morgan fingerprint density at radius 3 is 2.08 bits per heavy atom. The van der Waals surface area contributed by atoms with Gasteiger partial charge in [-0.1, -0.05) is 72.8 Å². The lowest BCUT2D eigenvalue weighted by Gasteiger charge is -2.15. The molecule has 0 aliphatic carbocycles. The fraction of sp³-hybridized carbons (Fsp3) is 0.0323. The van der Waals surface area contributed by atoms with Crippen LogP contribution in [0.3, 0.4) is 0 Å². The van der Waals surface area contributed by atoms with E-state index in [0.717, 1.165) is 33.8 Å². The number of aromatic nitrogens is 1. The summed E-state index contributed by atoms with van der Waals surface area (Å²) in [4.78, 5) is 27.4. The normalized spacial score (nSPS) is 11.1. The number of non-ortho nitro benzene ring substituents is 1. The highest BCUT2D eigenvalue weighted by atomic mass is 16.6. The van der Waals surface area contributed by atoms with E-state index >= 15 is 0 Å². The van der Waals surface area contributed by atoms with Crippen molar-refractivity contribution in [2.24, 2.45) is 4.99 Å². The van der Waals surface area contributed by atoms with Gasteiger partial charge in [-0.2, -0.15) is 0 Å². The molecule has 1 aromatic heterocycles. The van der Waals surface area contributed by atoms with Gasteiger partial charge in [-0.05, 0) is 48.4 Å². The second kappa shape index (κ2) is 10.3. The minimum Gasteiger partial charge on any atom is -0.309 e. The maximum atomic E-state index is 11.8. The minimum atomic E-state index is -0.400. The van der Waals surface area contributed by atoms with E-state index in [1.807, 2.05) is 72.8 Å². The van der Waals surface area contributed by atoms with Crippen molar-refractivity contribution in [1.29, 1.82) is 0 Å². The zero-order valence-corrected chi connectivity index (χ0v) is 20.1. The molecule has 6 heteroatoms. The maximum Gasteiger partial charge on any atom is 0.269 e. The molecule has 0 unspecified atom stereocenters. The number of hydrogen-bond donors (Lipinski definition) is 0. The van der Waals surface area contributed by atoms with Crippen molar-refractivity contribution >= 4 is 23.4 Å². The highest BCUT2D eigenvalue weighted by Gasteiger charge is 2.19. The van der Waals surface area contributed by atoms with Gasteiger partial charge in [-0.15, -0.1) is 0 Å². The van der Waals surface area contributed by atoms with Crippen molar-refractivity contribution in [1.82, 2.24) is 4.57 Å². The first kappa shape index (κ1) is 23.6. The van der Waals surface area contributed by atoms with Crippen LogP contribution >= 0.6 is 0 Å². The van der Waals surface area contributed by atoms with Gasteiger partial charge < -0.3 is 4.57 Å². The van der Waals surface area contributed by atoms with E-state index in [9.17, 15) is 14.9 Å². The number of carbonyl (C=O) groups is 1. The maximum absolute atomic E-state index is 11.8. The van der Waals surface area contributed by atoms with E-state index < -0.39 is 4.92 Å². The van der Waals surface area contributed by atoms with Gasteiger partial charge in [0.1, 0.15) is 0 Å². The zero-order valence-electron chi connectivity index (χ0n) is 20.1. The van der Waals surface area contributed by atoms with Gasteiger partial charge in [-0.3, -0.25) is 19.9 Å². The second-order valence-electron chi connectivity index (χ2n) is 8.54. The first-order valence-corrected chi connectivity index (χ1v) is 11.8. The topological polar surface area (TPSA) is 77.5 Å². The highest BCUT2D eigenvalue weighted by molar-refractivity contribution is 5.96. The van der Waals surface area contributed by atoms with Gasteiger partial charge in [0.15, 0.2) is 5.78 Å². The van der Waals surface area contributed by atoms with Gasteiger partial charge in [0, 0.05) is 35.2 Å². The molecule has 0 spiro atoms. The van der Waals surface area contributed by atoms with Crippen molar-refractivity contribution < 1.29 is 9.72 Å². The molecule has 37 heavy (non-hydrogen) atoms. The Morgan fingerprint density at radius 2 is 1.46 bits per heavy atom. The second-order valence-corrected chi connectivity index (χ2v) is 8.54. The lowest BCUT2D eigenvalue weighted by atomic mass is 10.1. The van der Waals surface area contributed by atoms with Crippen molar-refractivity contribution in [3.8, 4) is 28.2 Å². The number of carbonyl (C=O) groups excluding carboxylic acids is 1. The molecule has 1 heterocycles. The summed E-state index contributed by atoms with van der Waals surface area (Å²) in [5, 5.41) is 11.3. The molecule has 0 N–H and O–H groups in total. The summed E-state index contributed by atoms with van der Waals surface area (Å²) in [6.45, 7) is 1.53. The predicted octanol–water partition coefficient (Wildman–Crippen LogP) is 7.67. The predicted molar refractivity (Wildman–Crippen MR) is 147 cm³/mol. The van der Waals surface area contributed by atoms with Gasteiger partial charge in [0.25, 0.3) is 5.69 Å². The van der Waals surface area contributed by atoms with Crippen LogP contribution in [0.4, 0.5) is 11.4 Å². The fourth-order valence-electron chi connectivity index (χ4n) is 4.28. The molecule has 0 aliphatic heterocycles.